The number of nitrogens with one attached hydrogen (secondary N) is 3. The normalized spacial score (nSPS) is 15.7. The lowest BCUT2D eigenvalue weighted by molar-refractivity contribution is -0.116. The zero-order valence-corrected chi connectivity index (χ0v) is 23.6. The van der Waals surface area contributed by atoms with E-state index in [1.54, 1.807) is 23.5 Å². The van der Waals surface area contributed by atoms with Crippen LogP contribution in [0.4, 0.5) is 10.1 Å². The van der Waals surface area contributed by atoms with Gasteiger partial charge in [-0.05, 0) is 85.9 Å². The summed E-state index contributed by atoms with van der Waals surface area (Å²) in [5.74, 6) is -0.792. The molecule has 4 aromatic rings. The molecule has 1 amide bonds. The van der Waals surface area contributed by atoms with Gasteiger partial charge in [0, 0.05) is 34.3 Å². The zero-order valence-electron chi connectivity index (χ0n) is 23.6. The summed E-state index contributed by atoms with van der Waals surface area (Å²) in [4.78, 5) is 21.9. The number of carbonyl (C=O) groups excluding carboxylic acids is 1. The maximum Gasteiger partial charge on any atom is 0.238 e. The van der Waals surface area contributed by atoms with E-state index in [9.17, 15) is 14.3 Å². The molecule has 5 rings (SSSR count). The van der Waals surface area contributed by atoms with Crippen LogP contribution in [0.25, 0.3) is 27.6 Å². The van der Waals surface area contributed by atoms with Crippen LogP contribution in [0.2, 0.25) is 0 Å². The number of anilines is 1. The second-order valence-corrected chi connectivity index (χ2v) is 10.2. The van der Waals surface area contributed by atoms with Crippen LogP contribution in [-0.2, 0) is 4.79 Å². The Labute approximate surface area is 243 Å². The minimum Gasteiger partial charge on any atom is -0.508 e. The number of pyridine rings is 1. The summed E-state index contributed by atoms with van der Waals surface area (Å²) in [5, 5.41) is 18.4. The highest BCUT2D eigenvalue weighted by atomic mass is 19.1. The van der Waals surface area contributed by atoms with Gasteiger partial charge in [0.15, 0.2) is 0 Å². The second kappa shape index (κ2) is 12.1. The van der Waals surface area contributed by atoms with Gasteiger partial charge in [-0.3, -0.25) is 9.78 Å². The largest absolute Gasteiger partial charge is 0.508 e. The molecule has 3 heterocycles. The van der Waals surface area contributed by atoms with Gasteiger partial charge in [-0.1, -0.05) is 18.2 Å². The lowest BCUT2D eigenvalue weighted by atomic mass is 9.93. The van der Waals surface area contributed by atoms with Crippen molar-refractivity contribution in [1.29, 1.82) is 0 Å². The van der Waals surface area contributed by atoms with E-state index in [2.05, 4.69) is 25.8 Å². The highest BCUT2D eigenvalue weighted by Gasteiger charge is 2.22. The Morgan fingerprint density at radius 3 is 2.76 bits per heavy atom. The van der Waals surface area contributed by atoms with Crippen molar-refractivity contribution in [1.82, 2.24) is 20.3 Å². The number of nitrogens with zero attached hydrogens (tertiary/aromatic N) is 3. The van der Waals surface area contributed by atoms with Crippen molar-refractivity contribution in [2.75, 3.05) is 32.5 Å². The Hall–Kier alpha value is -5.22. The van der Waals surface area contributed by atoms with E-state index in [1.165, 1.54) is 12.1 Å². The van der Waals surface area contributed by atoms with Gasteiger partial charge in [0.2, 0.25) is 5.91 Å². The minimum absolute atomic E-state index is 0.132. The van der Waals surface area contributed by atoms with Crippen molar-refractivity contribution >= 4 is 33.8 Å². The molecular weight excluding hydrogens is 533 g/mol. The number of halogens is 1. The molecule has 214 valence electrons. The van der Waals surface area contributed by atoms with Crippen molar-refractivity contribution in [3.05, 3.63) is 107 Å². The average molecular weight is 566 g/mol. The van der Waals surface area contributed by atoms with E-state index >= 15 is 0 Å². The van der Waals surface area contributed by atoms with Gasteiger partial charge in [0.25, 0.3) is 0 Å². The summed E-state index contributed by atoms with van der Waals surface area (Å²) in [6.07, 6.45) is 8.86. The number of aromatic nitrogens is 2. The fourth-order valence-corrected chi connectivity index (χ4v) is 4.93. The number of carbonyl (C=O) groups is 1. The van der Waals surface area contributed by atoms with Crippen LogP contribution in [0, 0.1) is 5.82 Å². The third-order valence-electron chi connectivity index (χ3n) is 6.80. The van der Waals surface area contributed by atoms with Crippen LogP contribution in [0.3, 0.4) is 0 Å². The number of aromatic amines is 1. The van der Waals surface area contributed by atoms with E-state index in [4.69, 9.17) is 5.73 Å². The number of fused-ring (bicyclic) bond motifs is 1. The molecule has 1 aliphatic heterocycles. The maximum atomic E-state index is 14.1. The Bertz CT molecular complexity index is 1760. The number of likely N-dealkylation sites (N-methyl/N-ethyl adjacent to an activating group) is 1. The Morgan fingerprint density at radius 1 is 1.19 bits per heavy atom. The van der Waals surface area contributed by atoms with Crippen LogP contribution in [0.1, 0.15) is 18.2 Å². The standard InChI is InChI=1S/C32H32FN7O2/c1-4-19(21-9-24(17-35-15-21)37-31(42)18-40(2)3)11-27-22(14-34)16-36-39-32(27)30-13-28-26(6-5-7-29(28)38-30)20-8-23(33)12-25(41)10-20/h4-15,17,36,38,41H,16,18,34H2,1-3H3,(H,37,42)/b19-4+,22-14-,27-11+. The first-order valence-corrected chi connectivity index (χ1v) is 13.4. The molecule has 2 aromatic heterocycles. The first-order chi connectivity index (χ1) is 20.2. The third-order valence-corrected chi connectivity index (χ3v) is 6.80. The number of nitrogens with two attached hydrogens (primary N) is 1. The van der Waals surface area contributed by atoms with Gasteiger partial charge in [0.05, 0.1) is 30.7 Å². The summed E-state index contributed by atoms with van der Waals surface area (Å²) in [7, 11) is 3.67. The van der Waals surface area contributed by atoms with Crippen molar-refractivity contribution in [3.63, 3.8) is 0 Å². The number of benzene rings is 2. The lowest BCUT2D eigenvalue weighted by Gasteiger charge is -2.20. The monoisotopic (exact) mass is 565 g/mol. The lowest BCUT2D eigenvalue weighted by Crippen LogP contribution is -2.27. The van der Waals surface area contributed by atoms with Crippen LogP contribution in [0.15, 0.2) is 95.5 Å². The SMILES string of the molecule is C\C=C(/C=C1/C(c2cc3c(-c4cc(O)cc(F)c4)cccc3[nH]2)=NNC/C1=C/N)c1cncc(NC(=O)CN(C)C)c1. The molecular formula is C32H32FN7O2. The van der Waals surface area contributed by atoms with E-state index in [0.717, 1.165) is 50.5 Å². The summed E-state index contributed by atoms with van der Waals surface area (Å²) in [5.41, 5.74) is 16.6. The molecule has 1 aliphatic rings. The van der Waals surface area contributed by atoms with Gasteiger partial charge in [0.1, 0.15) is 17.3 Å². The van der Waals surface area contributed by atoms with Crippen molar-refractivity contribution in [2.24, 2.45) is 10.8 Å². The molecule has 0 aliphatic carbocycles. The highest BCUT2D eigenvalue weighted by Crippen LogP contribution is 2.33. The molecule has 0 atom stereocenters. The number of hydrogen-bond donors (Lipinski definition) is 5. The number of aromatic hydroxyl groups is 1. The number of allylic oxidation sites excluding steroid dienone is 3. The number of rotatable bonds is 7. The number of phenols is 1. The first kappa shape index (κ1) is 28.3. The summed E-state index contributed by atoms with van der Waals surface area (Å²) in [6, 6.07) is 13.5. The smallest absolute Gasteiger partial charge is 0.238 e. The molecule has 0 fully saturated rings. The molecule has 0 bridgehead atoms. The Kier molecular flexibility index (Phi) is 8.16. The molecule has 9 nitrogen and oxygen atoms in total. The molecule has 6 N–H and O–H groups in total. The zero-order chi connectivity index (χ0) is 29.8. The Balaban J connectivity index is 1.54. The molecule has 42 heavy (non-hydrogen) atoms. The second-order valence-electron chi connectivity index (χ2n) is 10.2. The summed E-state index contributed by atoms with van der Waals surface area (Å²) >= 11 is 0. The summed E-state index contributed by atoms with van der Waals surface area (Å²) in [6.45, 7) is 2.63. The fraction of sp³-hybridized carbons (Fsp3) is 0.156. The maximum absolute atomic E-state index is 14.1. The Morgan fingerprint density at radius 2 is 2.02 bits per heavy atom. The molecule has 0 radical (unpaired) electrons. The quantitative estimate of drug-likeness (QED) is 0.220. The van der Waals surface area contributed by atoms with Gasteiger partial charge < -0.3 is 31.5 Å². The molecule has 0 saturated heterocycles. The highest BCUT2D eigenvalue weighted by molar-refractivity contribution is 6.18. The topological polar surface area (TPSA) is 132 Å². The number of H-pyrrole nitrogens is 1. The third kappa shape index (κ3) is 6.08. The number of amides is 1. The van der Waals surface area contributed by atoms with E-state index in [-0.39, 0.29) is 18.2 Å². The molecule has 10 heteroatoms. The number of phenolic OH excluding ortho intramolecular Hbond substituents is 1. The van der Waals surface area contributed by atoms with Crippen LogP contribution < -0.4 is 16.5 Å². The van der Waals surface area contributed by atoms with E-state index in [0.29, 0.717) is 23.5 Å². The van der Waals surface area contributed by atoms with Gasteiger partial charge >= 0.3 is 0 Å². The average Bonchev–Trinajstić information content (AvgIpc) is 3.39. The van der Waals surface area contributed by atoms with Gasteiger partial charge in [-0.15, -0.1) is 0 Å². The van der Waals surface area contributed by atoms with Crippen molar-refractivity contribution < 1.29 is 14.3 Å². The van der Waals surface area contributed by atoms with Crippen molar-refractivity contribution in [3.8, 4) is 16.9 Å². The first-order valence-electron chi connectivity index (χ1n) is 13.4. The minimum atomic E-state index is -0.517. The molecule has 0 spiro atoms. The van der Waals surface area contributed by atoms with Crippen LogP contribution in [-0.4, -0.2) is 58.8 Å². The van der Waals surface area contributed by atoms with Gasteiger partial charge in [-0.2, -0.15) is 5.10 Å². The fourth-order valence-electron chi connectivity index (χ4n) is 4.93. The predicted molar refractivity (Wildman–Crippen MR) is 165 cm³/mol. The summed E-state index contributed by atoms with van der Waals surface area (Å²) < 4.78 is 14.1. The molecule has 0 unspecified atom stereocenters. The molecule has 2 aromatic carbocycles. The van der Waals surface area contributed by atoms with Crippen molar-refractivity contribution in [2.45, 2.75) is 6.92 Å². The van der Waals surface area contributed by atoms with E-state index < -0.39 is 5.82 Å². The number of hydrogen-bond acceptors (Lipinski definition) is 7. The molecule has 0 saturated carbocycles. The van der Waals surface area contributed by atoms with Crippen LogP contribution in [0.5, 0.6) is 5.75 Å². The van der Waals surface area contributed by atoms with Crippen LogP contribution >= 0.6 is 0 Å². The number of hydrazone groups is 1. The van der Waals surface area contributed by atoms with E-state index in [1.807, 2.05) is 63.5 Å². The van der Waals surface area contributed by atoms with Gasteiger partial charge in [-0.25, -0.2) is 4.39 Å². The predicted octanol–water partition coefficient (Wildman–Crippen LogP) is 4.75.